The molecule has 4 rings (SSSR count). The Morgan fingerprint density at radius 2 is 1.81 bits per heavy atom. The molecule has 1 saturated heterocycles. The molecule has 1 aliphatic heterocycles. The van der Waals surface area contributed by atoms with Gasteiger partial charge < -0.3 is 19.5 Å². The fourth-order valence-corrected chi connectivity index (χ4v) is 3.43. The summed E-state index contributed by atoms with van der Waals surface area (Å²) in [6.07, 6.45) is -5.91. The van der Waals surface area contributed by atoms with Crippen LogP contribution in [0.2, 0.25) is 0 Å². The Labute approximate surface area is 203 Å². The van der Waals surface area contributed by atoms with Gasteiger partial charge in [-0.05, 0) is 23.8 Å². The van der Waals surface area contributed by atoms with Crippen LogP contribution >= 0.6 is 0 Å². The van der Waals surface area contributed by atoms with E-state index in [9.17, 15) is 22.8 Å². The molecule has 0 unspecified atom stereocenters. The maximum Gasteiger partial charge on any atom is 0.573 e. The molecule has 10 nitrogen and oxygen atoms in total. The number of alkyl halides is 3. The van der Waals surface area contributed by atoms with Crippen molar-refractivity contribution in [2.75, 3.05) is 43.5 Å². The molecule has 13 heteroatoms. The number of carbonyl (C=O) groups is 2. The summed E-state index contributed by atoms with van der Waals surface area (Å²) in [5.41, 5.74) is 1.25. The van der Waals surface area contributed by atoms with Crippen LogP contribution < -0.4 is 20.1 Å². The minimum atomic E-state index is -4.98. The lowest BCUT2D eigenvalue weighted by Crippen LogP contribution is -2.41. The molecule has 2 amide bonds. The van der Waals surface area contributed by atoms with Crippen LogP contribution in [0, 0.1) is 0 Å². The quantitative estimate of drug-likeness (QED) is 0.446. The van der Waals surface area contributed by atoms with E-state index in [0.29, 0.717) is 32.0 Å². The van der Waals surface area contributed by atoms with Crippen LogP contribution in [0.25, 0.3) is 11.3 Å². The Morgan fingerprint density at radius 3 is 2.53 bits per heavy atom. The molecule has 2 heterocycles. The Bertz CT molecular complexity index is 1200. The summed E-state index contributed by atoms with van der Waals surface area (Å²) < 4.78 is 52.9. The van der Waals surface area contributed by atoms with Gasteiger partial charge in [0.15, 0.2) is 5.75 Å². The van der Waals surface area contributed by atoms with Gasteiger partial charge in [-0.1, -0.05) is 30.3 Å². The number of morpholine rings is 1. The summed E-state index contributed by atoms with van der Waals surface area (Å²) in [4.78, 5) is 26.6. The highest BCUT2D eigenvalue weighted by Crippen LogP contribution is 2.33. The standard InChI is InChI=1S/C23H22F3N5O5/c24-23(25,26)36-19-7-6-16(12-18(19)28-20(32)14-31-8-10-34-11-9-31)27-22(33)35-21-13-17(29-30-21)15-4-2-1-3-5-15/h1-7,12-13H,8-11,14H2,(H,27,33)(H,28,32)(H,29,30). The van der Waals surface area contributed by atoms with E-state index < -0.39 is 24.1 Å². The Balaban J connectivity index is 1.43. The van der Waals surface area contributed by atoms with Crippen LogP contribution in [0.3, 0.4) is 0 Å². The van der Waals surface area contributed by atoms with Crippen LogP contribution in [0.4, 0.5) is 29.3 Å². The monoisotopic (exact) mass is 505 g/mol. The predicted octanol–water partition coefficient (Wildman–Crippen LogP) is 3.86. The molecule has 0 atom stereocenters. The van der Waals surface area contributed by atoms with Crippen molar-refractivity contribution in [2.45, 2.75) is 6.36 Å². The molecular formula is C23H22F3N5O5. The van der Waals surface area contributed by atoms with Crippen LogP contribution in [0.1, 0.15) is 0 Å². The summed E-state index contributed by atoms with van der Waals surface area (Å²) in [5, 5.41) is 11.5. The van der Waals surface area contributed by atoms with Crippen molar-refractivity contribution in [3.8, 4) is 22.9 Å². The van der Waals surface area contributed by atoms with Crippen molar-refractivity contribution < 1.29 is 37.0 Å². The lowest BCUT2D eigenvalue weighted by molar-refractivity contribution is -0.274. The number of benzene rings is 2. The first-order valence-corrected chi connectivity index (χ1v) is 10.8. The second-order valence-corrected chi connectivity index (χ2v) is 7.70. The van der Waals surface area contributed by atoms with Crippen molar-refractivity contribution in [3.05, 3.63) is 54.6 Å². The topological polar surface area (TPSA) is 118 Å². The average molecular weight is 505 g/mol. The van der Waals surface area contributed by atoms with E-state index in [2.05, 4.69) is 25.6 Å². The lowest BCUT2D eigenvalue weighted by Gasteiger charge is -2.26. The fourth-order valence-electron chi connectivity index (χ4n) is 3.43. The maximum atomic E-state index is 12.9. The second kappa shape index (κ2) is 11.1. The van der Waals surface area contributed by atoms with Crippen molar-refractivity contribution >= 4 is 23.4 Å². The summed E-state index contributed by atoms with van der Waals surface area (Å²) in [6.45, 7) is 1.91. The van der Waals surface area contributed by atoms with Crippen LogP contribution in [0.5, 0.6) is 11.6 Å². The molecule has 190 valence electrons. The van der Waals surface area contributed by atoms with E-state index in [1.54, 1.807) is 4.90 Å². The number of anilines is 2. The third-order valence-corrected chi connectivity index (χ3v) is 5.03. The number of H-pyrrole nitrogens is 1. The first kappa shape index (κ1) is 25.0. The van der Waals surface area contributed by atoms with E-state index >= 15 is 0 Å². The first-order valence-electron chi connectivity index (χ1n) is 10.8. The Hall–Kier alpha value is -4.10. The van der Waals surface area contributed by atoms with Gasteiger partial charge in [0, 0.05) is 24.8 Å². The number of nitrogens with zero attached hydrogens (tertiary/aromatic N) is 2. The van der Waals surface area contributed by atoms with Gasteiger partial charge in [-0.15, -0.1) is 18.3 Å². The van der Waals surface area contributed by atoms with Crippen molar-refractivity contribution in [2.24, 2.45) is 0 Å². The molecule has 1 fully saturated rings. The molecule has 3 N–H and O–H groups in total. The third kappa shape index (κ3) is 7.20. The molecule has 2 aromatic carbocycles. The molecule has 36 heavy (non-hydrogen) atoms. The highest BCUT2D eigenvalue weighted by molar-refractivity contribution is 5.95. The molecule has 0 radical (unpaired) electrons. The fraction of sp³-hybridized carbons (Fsp3) is 0.261. The molecule has 1 aliphatic rings. The number of hydrogen-bond donors (Lipinski definition) is 3. The highest BCUT2D eigenvalue weighted by atomic mass is 19.4. The molecule has 3 aromatic rings. The van der Waals surface area contributed by atoms with Crippen molar-refractivity contribution in [1.82, 2.24) is 15.1 Å². The van der Waals surface area contributed by atoms with Gasteiger partial charge in [-0.3, -0.25) is 20.1 Å². The number of aromatic amines is 1. The van der Waals surface area contributed by atoms with Crippen LogP contribution in [-0.2, 0) is 9.53 Å². The number of rotatable bonds is 7. The lowest BCUT2D eigenvalue weighted by atomic mass is 10.2. The zero-order valence-electron chi connectivity index (χ0n) is 18.8. The van der Waals surface area contributed by atoms with Crippen molar-refractivity contribution in [1.29, 1.82) is 0 Å². The zero-order valence-corrected chi connectivity index (χ0v) is 18.8. The molecule has 0 bridgehead atoms. The second-order valence-electron chi connectivity index (χ2n) is 7.70. The largest absolute Gasteiger partial charge is 0.573 e. The van der Waals surface area contributed by atoms with Gasteiger partial charge in [0.1, 0.15) is 0 Å². The number of carbonyl (C=O) groups excluding carboxylic acids is 2. The summed E-state index contributed by atoms with van der Waals surface area (Å²) in [7, 11) is 0. The van der Waals surface area contributed by atoms with Gasteiger partial charge >= 0.3 is 12.5 Å². The molecular weight excluding hydrogens is 483 g/mol. The molecule has 1 aromatic heterocycles. The zero-order chi connectivity index (χ0) is 25.5. The number of amides is 2. The SMILES string of the molecule is O=C(CN1CCOCC1)Nc1cc(NC(=O)Oc2cc(-c3ccccc3)[nH]n2)ccc1OC(F)(F)F. The van der Waals surface area contributed by atoms with Gasteiger partial charge in [0.05, 0.1) is 31.1 Å². The van der Waals surface area contributed by atoms with E-state index in [0.717, 1.165) is 17.7 Å². The smallest absolute Gasteiger partial charge is 0.404 e. The van der Waals surface area contributed by atoms with Gasteiger partial charge in [0.25, 0.3) is 0 Å². The van der Waals surface area contributed by atoms with Crippen LogP contribution in [-0.4, -0.2) is 66.3 Å². The Kier molecular flexibility index (Phi) is 7.71. The molecule has 0 spiro atoms. The maximum absolute atomic E-state index is 12.9. The Morgan fingerprint density at radius 1 is 1.06 bits per heavy atom. The summed E-state index contributed by atoms with van der Waals surface area (Å²) in [6, 6.07) is 14.0. The highest BCUT2D eigenvalue weighted by Gasteiger charge is 2.32. The number of aromatic nitrogens is 2. The minimum absolute atomic E-state index is 0.0117. The summed E-state index contributed by atoms with van der Waals surface area (Å²) >= 11 is 0. The van der Waals surface area contributed by atoms with E-state index in [4.69, 9.17) is 9.47 Å². The van der Waals surface area contributed by atoms with Gasteiger partial charge in [-0.2, -0.15) is 0 Å². The van der Waals surface area contributed by atoms with Crippen LogP contribution in [0.15, 0.2) is 54.6 Å². The van der Waals surface area contributed by atoms with Crippen molar-refractivity contribution in [3.63, 3.8) is 0 Å². The van der Waals surface area contributed by atoms with Gasteiger partial charge in [-0.25, -0.2) is 4.79 Å². The third-order valence-electron chi connectivity index (χ3n) is 5.03. The minimum Gasteiger partial charge on any atom is -0.404 e. The molecule has 0 aliphatic carbocycles. The van der Waals surface area contributed by atoms with Gasteiger partial charge in [0.2, 0.25) is 11.8 Å². The predicted molar refractivity (Wildman–Crippen MR) is 123 cm³/mol. The van der Waals surface area contributed by atoms with E-state index in [-0.39, 0.29) is 23.8 Å². The number of nitrogens with one attached hydrogen (secondary N) is 3. The van der Waals surface area contributed by atoms with E-state index in [1.165, 1.54) is 12.1 Å². The number of hydrogen-bond acceptors (Lipinski definition) is 7. The normalized spacial score (nSPS) is 14.2. The average Bonchev–Trinajstić information content (AvgIpc) is 3.29. The summed E-state index contributed by atoms with van der Waals surface area (Å²) in [5.74, 6) is -1.19. The first-order chi connectivity index (χ1) is 17.2. The number of halogens is 3. The molecule has 0 saturated carbocycles. The van der Waals surface area contributed by atoms with E-state index in [1.807, 2.05) is 30.3 Å². The number of ether oxygens (including phenoxy) is 3.